The molecule has 1 aromatic rings. The van der Waals surface area contributed by atoms with Crippen LogP contribution in [0.4, 0.5) is 0 Å². The molecule has 19 heavy (non-hydrogen) atoms. The molecule has 1 saturated heterocycles. The Morgan fingerprint density at radius 3 is 2.95 bits per heavy atom. The maximum absolute atomic E-state index is 6.02. The Morgan fingerprint density at radius 1 is 1.47 bits per heavy atom. The zero-order valence-electron chi connectivity index (χ0n) is 11.8. The third-order valence-electron chi connectivity index (χ3n) is 3.83. The van der Waals surface area contributed by atoms with Crippen LogP contribution in [0, 0.1) is 5.92 Å². The lowest BCUT2D eigenvalue weighted by Crippen LogP contribution is -2.41. The van der Waals surface area contributed by atoms with E-state index in [0.29, 0.717) is 12.0 Å². The molecule has 1 aromatic carbocycles. The third-order valence-corrected chi connectivity index (χ3v) is 3.83. The summed E-state index contributed by atoms with van der Waals surface area (Å²) in [5.74, 6) is 1.58. The summed E-state index contributed by atoms with van der Waals surface area (Å²) in [4.78, 5) is 2.51. The first-order valence-corrected chi connectivity index (χ1v) is 6.80. The van der Waals surface area contributed by atoms with Crippen LogP contribution in [-0.2, 0) is 6.54 Å². The SMILES string of the molecule is COc1cccc(CN2CCCC(C(C)N)C2)c1.Cl. The van der Waals surface area contributed by atoms with Crippen LogP contribution in [0.15, 0.2) is 24.3 Å². The number of hydrogen-bond donors (Lipinski definition) is 1. The molecule has 3 nitrogen and oxygen atoms in total. The minimum absolute atomic E-state index is 0. The van der Waals surface area contributed by atoms with Crippen molar-refractivity contribution in [1.82, 2.24) is 4.90 Å². The lowest BCUT2D eigenvalue weighted by atomic mass is 9.92. The van der Waals surface area contributed by atoms with Crippen molar-refractivity contribution < 1.29 is 4.74 Å². The zero-order chi connectivity index (χ0) is 13.0. The van der Waals surface area contributed by atoms with Crippen LogP contribution in [0.1, 0.15) is 25.3 Å². The summed E-state index contributed by atoms with van der Waals surface area (Å²) in [7, 11) is 1.71. The zero-order valence-corrected chi connectivity index (χ0v) is 12.7. The van der Waals surface area contributed by atoms with Gasteiger partial charge in [-0.05, 0) is 49.9 Å². The molecule has 1 heterocycles. The Bertz CT molecular complexity index is 384. The first kappa shape index (κ1) is 16.3. The molecule has 2 atom stereocenters. The van der Waals surface area contributed by atoms with Gasteiger partial charge in [-0.2, -0.15) is 0 Å². The van der Waals surface area contributed by atoms with Crippen molar-refractivity contribution in [2.24, 2.45) is 11.7 Å². The second kappa shape index (κ2) is 7.73. The predicted octanol–water partition coefficient (Wildman–Crippen LogP) is 2.68. The molecule has 0 amide bonds. The molecule has 2 rings (SSSR count). The van der Waals surface area contributed by atoms with E-state index in [-0.39, 0.29) is 12.4 Å². The van der Waals surface area contributed by atoms with Gasteiger partial charge in [0.2, 0.25) is 0 Å². The quantitative estimate of drug-likeness (QED) is 0.924. The fourth-order valence-corrected chi connectivity index (χ4v) is 2.69. The number of methoxy groups -OCH3 is 1. The molecule has 0 radical (unpaired) electrons. The van der Waals surface area contributed by atoms with Crippen LogP contribution in [0.3, 0.4) is 0 Å². The highest BCUT2D eigenvalue weighted by atomic mass is 35.5. The van der Waals surface area contributed by atoms with E-state index in [9.17, 15) is 0 Å². The van der Waals surface area contributed by atoms with E-state index >= 15 is 0 Å². The molecular formula is C15H25ClN2O. The summed E-state index contributed by atoms with van der Waals surface area (Å²) in [6, 6.07) is 8.64. The van der Waals surface area contributed by atoms with E-state index in [1.807, 2.05) is 6.07 Å². The molecule has 1 aliphatic rings. The van der Waals surface area contributed by atoms with Crippen molar-refractivity contribution in [2.45, 2.75) is 32.4 Å². The molecule has 0 aromatic heterocycles. The molecule has 2 unspecified atom stereocenters. The average molecular weight is 285 g/mol. The lowest BCUT2D eigenvalue weighted by Gasteiger charge is -2.34. The lowest BCUT2D eigenvalue weighted by molar-refractivity contribution is 0.154. The van der Waals surface area contributed by atoms with Gasteiger partial charge in [-0.3, -0.25) is 4.90 Å². The van der Waals surface area contributed by atoms with Gasteiger partial charge in [0.05, 0.1) is 7.11 Å². The van der Waals surface area contributed by atoms with Crippen molar-refractivity contribution in [2.75, 3.05) is 20.2 Å². The summed E-state index contributed by atoms with van der Waals surface area (Å²) in [5, 5.41) is 0. The Labute approximate surface area is 122 Å². The van der Waals surface area contributed by atoms with E-state index in [1.165, 1.54) is 24.9 Å². The topological polar surface area (TPSA) is 38.5 Å². The molecule has 4 heteroatoms. The van der Waals surface area contributed by atoms with Crippen LogP contribution in [-0.4, -0.2) is 31.1 Å². The first-order valence-electron chi connectivity index (χ1n) is 6.80. The molecule has 2 N–H and O–H groups in total. The Kier molecular flexibility index (Phi) is 6.63. The second-order valence-corrected chi connectivity index (χ2v) is 5.35. The Balaban J connectivity index is 0.00000180. The normalized spacial score (nSPS) is 21.5. The minimum atomic E-state index is 0. The summed E-state index contributed by atoms with van der Waals surface area (Å²) < 4.78 is 5.26. The third kappa shape index (κ3) is 4.68. The van der Waals surface area contributed by atoms with E-state index in [2.05, 4.69) is 30.0 Å². The number of piperidine rings is 1. The van der Waals surface area contributed by atoms with Gasteiger partial charge in [-0.15, -0.1) is 12.4 Å². The van der Waals surface area contributed by atoms with Gasteiger partial charge in [-0.1, -0.05) is 12.1 Å². The van der Waals surface area contributed by atoms with Crippen LogP contribution in [0.2, 0.25) is 0 Å². The molecule has 0 aliphatic carbocycles. The molecule has 108 valence electrons. The van der Waals surface area contributed by atoms with Gasteiger partial charge in [-0.25, -0.2) is 0 Å². The van der Waals surface area contributed by atoms with E-state index in [1.54, 1.807) is 7.11 Å². The number of hydrogen-bond acceptors (Lipinski definition) is 3. The standard InChI is InChI=1S/C15H24N2O.ClH/c1-12(16)14-6-4-8-17(11-14)10-13-5-3-7-15(9-13)18-2;/h3,5,7,9,12,14H,4,6,8,10-11,16H2,1-2H3;1H. The second-order valence-electron chi connectivity index (χ2n) is 5.35. The fraction of sp³-hybridized carbons (Fsp3) is 0.600. The van der Waals surface area contributed by atoms with Gasteiger partial charge >= 0.3 is 0 Å². The molecule has 1 aliphatic heterocycles. The number of halogens is 1. The molecule has 0 spiro atoms. The summed E-state index contributed by atoms with van der Waals surface area (Å²) >= 11 is 0. The van der Waals surface area contributed by atoms with Gasteiger partial charge in [0.1, 0.15) is 5.75 Å². The summed E-state index contributed by atoms with van der Waals surface area (Å²) in [5.41, 5.74) is 7.34. The number of nitrogens with two attached hydrogens (primary N) is 1. The summed E-state index contributed by atoms with van der Waals surface area (Å²) in [6.45, 7) is 5.43. The smallest absolute Gasteiger partial charge is 0.119 e. The molecule has 0 bridgehead atoms. The molecular weight excluding hydrogens is 260 g/mol. The number of benzene rings is 1. The summed E-state index contributed by atoms with van der Waals surface area (Å²) in [6.07, 6.45) is 2.53. The molecule has 1 fully saturated rings. The van der Waals surface area contributed by atoms with Crippen molar-refractivity contribution in [3.05, 3.63) is 29.8 Å². The van der Waals surface area contributed by atoms with Crippen LogP contribution >= 0.6 is 12.4 Å². The number of ether oxygens (including phenoxy) is 1. The van der Waals surface area contributed by atoms with Gasteiger partial charge in [0.25, 0.3) is 0 Å². The van der Waals surface area contributed by atoms with Crippen LogP contribution in [0.25, 0.3) is 0 Å². The largest absolute Gasteiger partial charge is 0.497 e. The maximum atomic E-state index is 6.02. The highest BCUT2D eigenvalue weighted by Gasteiger charge is 2.22. The van der Waals surface area contributed by atoms with Crippen molar-refractivity contribution in [3.8, 4) is 5.75 Å². The average Bonchev–Trinajstić information content (AvgIpc) is 2.39. The Hall–Kier alpha value is -0.770. The fourth-order valence-electron chi connectivity index (χ4n) is 2.69. The number of nitrogens with zero attached hydrogens (tertiary/aromatic N) is 1. The predicted molar refractivity (Wildman–Crippen MR) is 81.9 cm³/mol. The number of rotatable bonds is 4. The van der Waals surface area contributed by atoms with Gasteiger partial charge in [0, 0.05) is 19.1 Å². The van der Waals surface area contributed by atoms with E-state index < -0.39 is 0 Å². The monoisotopic (exact) mass is 284 g/mol. The van der Waals surface area contributed by atoms with Crippen molar-refractivity contribution in [3.63, 3.8) is 0 Å². The highest BCUT2D eigenvalue weighted by Crippen LogP contribution is 2.21. The van der Waals surface area contributed by atoms with Crippen LogP contribution < -0.4 is 10.5 Å². The Morgan fingerprint density at radius 2 is 2.26 bits per heavy atom. The van der Waals surface area contributed by atoms with E-state index in [0.717, 1.165) is 18.8 Å². The van der Waals surface area contributed by atoms with Crippen molar-refractivity contribution in [1.29, 1.82) is 0 Å². The van der Waals surface area contributed by atoms with Crippen molar-refractivity contribution >= 4 is 12.4 Å². The minimum Gasteiger partial charge on any atom is -0.497 e. The first-order chi connectivity index (χ1) is 8.69. The molecule has 0 saturated carbocycles. The van der Waals surface area contributed by atoms with Crippen LogP contribution in [0.5, 0.6) is 5.75 Å². The maximum Gasteiger partial charge on any atom is 0.119 e. The van der Waals surface area contributed by atoms with Gasteiger partial charge < -0.3 is 10.5 Å². The highest BCUT2D eigenvalue weighted by molar-refractivity contribution is 5.85. The number of likely N-dealkylation sites (tertiary alicyclic amines) is 1. The van der Waals surface area contributed by atoms with E-state index in [4.69, 9.17) is 10.5 Å². The van der Waals surface area contributed by atoms with Gasteiger partial charge in [0.15, 0.2) is 0 Å².